The van der Waals surface area contributed by atoms with E-state index in [9.17, 15) is 0 Å². The fraction of sp³-hybridized carbons (Fsp3) is 0. The van der Waals surface area contributed by atoms with Gasteiger partial charge in [-0.05, 0) is 0 Å². The van der Waals surface area contributed by atoms with E-state index >= 15 is 0 Å². The van der Waals surface area contributed by atoms with Crippen molar-refractivity contribution in [1.82, 2.24) is 15.0 Å². The number of aromatic nitrogens is 3. The molecule has 9 heavy (non-hydrogen) atoms. The quantitative estimate of drug-likeness (QED) is 0.516. The Labute approximate surface area is 79.2 Å². The summed E-state index contributed by atoms with van der Waals surface area (Å²) in [5.41, 5.74) is 0. The second-order valence-corrected chi connectivity index (χ2v) is 2.99. The van der Waals surface area contributed by atoms with Gasteiger partial charge in [0.05, 0.1) is 0 Å². The molecule has 1 rings (SSSR count). The van der Waals surface area contributed by atoms with Crippen molar-refractivity contribution < 1.29 is 0 Å². The van der Waals surface area contributed by atoms with Gasteiger partial charge < -0.3 is 0 Å². The maximum atomic E-state index is 5.43. The molecule has 0 aliphatic carbocycles. The molecule has 6 heteroatoms. The van der Waals surface area contributed by atoms with E-state index in [4.69, 9.17) is 23.2 Å². The number of halogens is 2. The first-order chi connectivity index (χ1) is 4.18. The molecular formula is C3Cl2N3Na. The maximum absolute atomic E-state index is 5.43. The van der Waals surface area contributed by atoms with E-state index in [1.807, 2.05) is 0 Å². The van der Waals surface area contributed by atoms with Gasteiger partial charge in [0.1, 0.15) is 0 Å². The van der Waals surface area contributed by atoms with E-state index in [1.165, 1.54) is 0 Å². The van der Waals surface area contributed by atoms with Crippen LogP contribution in [-0.4, -0.2) is 42.9 Å². The molecular weight excluding hydrogens is 172 g/mol. The first-order valence-corrected chi connectivity index (χ1v) is 3.98. The van der Waals surface area contributed by atoms with Crippen LogP contribution in [0.25, 0.3) is 0 Å². The van der Waals surface area contributed by atoms with Crippen molar-refractivity contribution in [3.8, 4) is 0 Å². The molecule has 0 bridgehead atoms. The molecule has 1 heterocycles. The van der Waals surface area contributed by atoms with Gasteiger partial charge in [0.2, 0.25) is 0 Å². The molecule has 42 valence electrons. The zero-order valence-corrected chi connectivity index (χ0v) is 8.11. The Kier molecular flexibility index (Phi) is 2.67. The molecule has 0 radical (unpaired) electrons. The number of hydrogen-bond donors (Lipinski definition) is 0. The second-order valence-electron chi connectivity index (χ2n) is 1.42. The van der Waals surface area contributed by atoms with Crippen molar-refractivity contribution in [2.24, 2.45) is 0 Å². The molecule has 1 aromatic rings. The molecule has 0 saturated heterocycles. The van der Waals surface area contributed by atoms with Crippen LogP contribution < -0.4 is 3.07 Å². The van der Waals surface area contributed by atoms with Crippen molar-refractivity contribution in [3.63, 3.8) is 0 Å². The Morgan fingerprint density at radius 3 is 1.78 bits per heavy atom. The summed E-state index contributed by atoms with van der Waals surface area (Å²) in [5.74, 6) is 0. The van der Waals surface area contributed by atoms with E-state index in [0.29, 0.717) is 3.07 Å². The van der Waals surface area contributed by atoms with E-state index < -0.39 is 0 Å². The molecule has 0 aliphatic heterocycles. The molecule has 0 atom stereocenters. The average Bonchev–Trinajstić information content (AvgIpc) is 1.59. The fourth-order valence-corrected chi connectivity index (χ4v) is 1.57. The minimum atomic E-state index is 0.167. The van der Waals surface area contributed by atoms with Crippen molar-refractivity contribution in [2.75, 3.05) is 0 Å². The standard InChI is InChI=1S/C3Cl2N3.Na/c4-2-6-1-7-3(5)8-2;. The van der Waals surface area contributed by atoms with Crippen molar-refractivity contribution in [1.29, 1.82) is 0 Å². The first kappa shape index (κ1) is 7.69. The Morgan fingerprint density at radius 2 is 1.44 bits per heavy atom. The van der Waals surface area contributed by atoms with Crippen molar-refractivity contribution in [3.05, 3.63) is 10.6 Å². The third-order valence-electron chi connectivity index (χ3n) is 0.693. The van der Waals surface area contributed by atoms with Gasteiger partial charge in [-0.1, -0.05) is 0 Å². The van der Waals surface area contributed by atoms with Crippen LogP contribution in [0, 0.1) is 0 Å². The predicted octanol–water partition coefficient (Wildman–Crippen LogP) is -0.0278. The molecule has 0 aliphatic rings. The summed E-state index contributed by atoms with van der Waals surface area (Å²) in [6.07, 6.45) is 0. The van der Waals surface area contributed by atoms with Gasteiger partial charge >= 0.3 is 79.7 Å². The van der Waals surface area contributed by atoms with Gasteiger partial charge in [0.15, 0.2) is 0 Å². The van der Waals surface area contributed by atoms with Crippen molar-refractivity contribution >= 4 is 54.2 Å². The molecule has 0 N–H and O–H groups in total. The Bertz CT molecular complexity index is 178. The molecule has 3 nitrogen and oxygen atoms in total. The molecule has 0 fully saturated rings. The number of hydrogen-bond acceptors (Lipinski definition) is 3. The summed E-state index contributed by atoms with van der Waals surface area (Å²) in [6, 6.07) is 0. The number of rotatable bonds is 0. The monoisotopic (exact) mass is 171 g/mol. The molecule has 0 spiro atoms. The molecule has 0 saturated carbocycles. The van der Waals surface area contributed by atoms with Gasteiger partial charge in [0.25, 0.3) is 0 Å². The van der Waals surface area contributed by atoms with E-state index in [-0.39, 0.29) is 10.6 Å². The topological polar surface area (TPSA) is 38.7 Å². The van der Waals surface area contributed by atoms with Crippen molar-refractivity contribution in [2.45, 2.75) is 0 Å². The normalized spacial score (nSPS) is 9.78. The third-order valence-corrected chi connectivity index (χ3v) is 1.48. The Hall–Kier alpha value is 0.590. The van der Waals surface area contributed by atoms with E-state index in [2.05, 4.69) is 15.0 Å². The van der Waals surface area contributed by atoms with Gasteiger partial charge in [-0.3, -0.25) is 0 Å². The first-order valence-electron chi connectivity index (χ1n) is 2.22. The molecule has 1 aromatic heterocycles. The number of nitrogens with zero attached hydrogens (tertiary/aromatic N) is 3. The van der Waals surface area contributed by atoms with Gasteiger partial charge in [-0.25, -0.2) is 0 Å². The minimum absolute atomic E-state index is 0.167. The fourth-order valence-electron chi connectivity index (χ4n) is 0.418. The summed E-state index contributed by atoms with van der Waals surface area (Å²) >= 11 is 11.6. The van der Waals surface area contributed by atoms with Crippen LogP contribution in [-0.2, 0) is 0 Å². The average molecular weight is 172 g/mol. The summed E-state index contributed by atoms with van der Waals surface area (Å²) in [5, 5.41) is 0.333. The Balaban J connectivity index is 3.17. The zero-order valence-electron chi connectivity index (χ0n) is 4.60. The van der Waals surface area contributed by atoms with Crippen LogP contribution in [0.1, 0.15) is 0 Å². The predicted molar refractivity (Wildman–Crippen MR) is 35.2 cm³/mol. The third kappa shape index (κ3) is 2.35. The van der Waals surface area contributed by atoms with Crippen LogP contribution in [0.4, 0.5) is 0 Å². The molecule has 0 amide bonds. The van der Waals surface area contributed by atoms with Crippen LogP contribution in [0.5, 0.6) is 0 Å². The van der Waals surface area contributed by atoms with E-state index in [1.54, 1.807) is 0 Å². The van der Waals surface area contributed by atoms with Gasteiger partial charge in [-0.2, -0.15) is 0 Å². The summed E-state index contributed by atoms with van der Waals surface area (Å²) in [4.78, 5) is 11.1. The van der Waals surface area contributed by atoms with Crippen LogP contribution in [0.15, 0.2) is 0 Å². The van der Waals surface area contributed by atoms with Crippen LogP contribution in [0.2, 0.25) is 10.6 Å². The summed E-state index contributed by atoms with van der Waals surface area (Å²) < 4.78 is 0.667. The van der Waals surface area contributed by atoms with E-state index in [0.717, 1.165) is 27.9 Å². The van der Waals surface area contributed by atoms with Crippen LogP contribution >= 0.6 is 23.2 Å². The van der Waals surface area contributed by atoms with Crippen LogP contribution in [0.3, 0.4) is 0 Å². The van der Waals surface area contributed by atoms with Gasteiger partial charge in [-0.15, -0.1) is 0 Å². The SMILES string of the molecule is [Na][c]1nc(Cl)nc(Cl)n1. The summed E-state index contributed by atoms with van der Waals surface area (Å²) in [6.45, 7) is 0. The summed E-state index contributed by atoms with van der Waals surface area (Å²) in [7, 11) is 0. The molecule has 0 unspecified atom stereocenters. The Morgan fingerprint density at radius 1 is 1.00 bits per heavy atom. The molecule has 0 aromatic carbocycles. The second kappa shape index (κ2) is 3.12. The zero-order chi connectivity index (χ0) is 6.85. The van der Waals surface area contributed by atoms with Gasteiger partial charge in [0, 0.05) is 0 Å².